The van der Waals surface area contributed by atoms with Gasteiger partial charge in [0.1, 0.15) is 0 Å². The fourth-order valence-electron chi connectivity index (χ4n) is 0.930. The van der Waals surface area contributed by atoms with Gasteiger partial charge in [0, 0.05) is 12.4 Å². The number of nitrogen functional groups attached to an aromatic ring is 1. The summed E-state index contributed by atoms with van der Waals surface area (Å²) in [6, 6.07) is 1.68. The number of hydrogen-bond acceptors (Lipinski definition) is 8. The van der Waals surface area contributed by atoms with E-state index in [0.29, 0.717) is 9.47 Å². The van der Waals surface area contributed by atoms with Crippen molar-refractivity contribution in [2.75, 3.05) is 16.8 Å². The number of carbonyl (C=O) groups excluding carboxylic acids is 1. The van der Waals surface area contributed by atoms with Gasteiger partial charge in [0.2, 0.25) is 17.0 Å². The summed E-state index contributed by atoms with van der Waals surface area (Å²) in [6.07, 6.45) is 3.11. The second kappa shape index (κ2) is 5.55. The molecule has 9 heteroatoms. The summed E-state index contributed by atoms with van der Waals surface area (Å²) in [5, 5.41) is 10.4. The highest BCUT2D eigenvalue weighted by Gasteiger charge is 2.07. The van der Waals surface area contributed by atoms with Crippen LogP contribution in [0.2, 0.25) is 0 Å². The van der Waals surface area contributed by atoms with E-state index in [1.807, 2.05) is 0 Å². The van der Waals surface area contributed by atoms with Crippen LogP contribution < -0.4 is 11.1 Å². The SMILES string of the molecule is Nc1nnc(SCC(=O)Nc2ncccn2)s1. The van der Waals surface area contributed by atoms with E-state index in [-0.39, 0.29) is 17.6 Å². The minimum absolute atomic E-state index is 0.199. The predicted molar refractivity (Wildman–Crippen MR) is 65.7 cm³/mol. The van der Waals surface area contributed by atoms with Gasteiger partial charge >= 0.3 is 0 Å². The number of hydrogen-bond donors (Lipinski definition) is 2. The van der Waals surface area contributed by atoms with E-state index in [1.54, 1.807) is 18.5 Å². The molecule has 3 N–H and O–H groups in total. The molecule has 17 heavy (non-hydrogen) atoms. The van der Waals surface area contributed by atoms with Gasteiger partial charge in [-0.3, -0.25) is 10.1 Å². The number of nitrogens with one attached hydrogen (secondary N) is 1. The van der Waals surface area contributed by atoms with Crippen LogP contribution in [-0.2, 0) is 4.79 Å². The molecule has 0 radical (unpaired) electrons. The molecule has 0 unspecified atom stereocenters. The molecule has 0 spiro atoms. The molecular formula is C8H8N6OS2. The molecule has 0 fully saturated rings. The summed E-state index contributed by atoms with van der Waals surface area (Å²) in [5.74, 6) is 0.303. The van der Waals surface area contributed by atoms with E-state index in [9.17, 15) is 4.79 Å². The van der Waals surface area contributed by atoms with Crippen molar-refractivity contribution in [3.63, 3.8) is 0 Å². The van der Waals surface area contributed by atoms with Gasteiger partial charge in [0.05, 0.1) is 5.75 Å². The van der Waals surface area contributed by atoms with Crippen molar-refractivity contribution in [1.82, 2.24) is 20.2 Å². The number of thioether (sulfide) groups is 1. The third-order valence-corrected chi connectivity index (χ3v) is 3.45. The van der Waals surface area contributed by atoms with Crippen LogP contribution in [0.4, 0.5) is 11.1 Å². The first-order valence-corrected chi connectivity index (χ1v) is 6.33. The highest BCUT2D eigenvalue weighted by atomic mass is 32.2. The molecule has 0 saturated carbocycles. The number of nitrogens with two attached hydrogens (primary N) is 1. The normalized spacial score (nSPS) is 10.1. The molecule has 7 nitrogen and oxygen atoms in total. The zero-order valence-corrected chi connectivity index (χ0v) is 10.2. The molecule has 0 bridgehead atoms. The van der Waals surface area contributed by atoms with Gasteiger partial charge in [-0.05, 0) is 6.07 Å². The minimum Gasteiger partial charge on any atom is -0.374 e. The van der Waals surface area contributed by atoms with Crippen molar-refractivity contribution in [3.8, 4) is 0 Å². The molecule has 0 saturated heterocycles. The Morgan fingerprint density at radius 1 is 1.41 bits per heavy atom. The first-order chi connectivity index (χ1) is 8.24. The average molecular weight is 268 g/mol. The first-order valence-electron chi connectivity index (χ1n) is 4.52. The summed E-state index contributed by atoms with van der Waals surface area (Å²) >= 11 is 2.51. The predicted octanol–water partition coefficient (Wildman–Crippen LogP) is 0.641. The molecule has 1 amide bonds. The molecule has 0 aromatic carbocycles. The maximum Gasteiger partial charge on any atom is 0.237 e. The lowest BCUT2D eigenvalue weighted by atomic mass is 10.6. The Bertz CT molecular complexity index is 502. The van der Waals surface area contributed by atoms with Crippen molar-refractivity contribution in [2.45, 2.75) is 4.34 Å². The maximum absolute atomic E-state index is 11.5. The van der Waals surface area contributed by atoms with Crippen LogP contribution in [0.3, 0.4) is 0 Å². The number of amides is 1. The van der Waals surface area contributed by atoms with Crippen LogP contribution >= 0.6 is 23.1 Å². The van der Waals surface area contributed by atoms with Gasteiger partial charge in [0.15, 0.2) is 4.34 Å². The zero-order chi connectivity index (χ0) is 12.1. The molecule has 0 aliphatic heterocycles. The largest absolute Gasteiger partial charge is 0.374 e. The van der Waals surface area contributed by atoms with Crippen LogP contribution in [0.1, 0.15) is 0 Å². The Hall–Kier alpha value is -1.74. The van der Waals surface area contributed by atoms with Crippen molar-refractivity contribution < 1.29 is 4.79 Å². The van der Waals surface area contributed by atoms with Gasteiger partial charge in [0.25, 0.3) is 0 Å². The number of nitrogens with zero attached hydrogens (tertiary/aromatic N) is 4. The third kappa shape index (κ3) is 3.64. The van der Waals surface area contributed by atoms with Crippen LogP contribution in [-0.4, -0.2) is 31.8 Å². The van der Waals surface area contributed by atoms with Gasteiger partial charge in [-0.1, -0.05) is 23.1 Å². The van der Waals surface area contributed by atoms with Crippen LogP contribution in [0.15, 0.2) is 22.8 Å². The van der Waals surface area contributed by atoms with Crippen LogP contribution in [0.25, 0.3) is 0 Å². The van der Waals surface area contributed by atoms with Crippen LogP contribution in [0, 0.1) is 0 Å². The fourth-order valence-corrected chi connectivity index (χ4v) is 2.37. The quantitative estimate of drug-likeness (QED) is 0.783. The zero-order valence-electron chi connectivity index (χ0n) is 8.53. The number of aromatic nitrogens is 4. The fraction of sp³-hybridized carbons (Fsp3) is 0.125. The maximum atomic E-state index is 11.5. The van der Waals surface area contributed by atoms with E-state index in [4.69, 9.17) is 5.73 Å². The monoisotopic (exact) mass is 268 g/mol. The molecule has 0 aliphatic carbocycles. The second-order valence-electron chi connectivity index (χ2n) is 2.82. The molecule has 0 atom stereocenters. The summed E-state index contributed by atoms with van der Waals surface area (Å²) < 4.78 is 0.659. The van der Waals surface area contributed by atoms with E-state index in [2.05, 4.69) is 25.5 Å². The van der Waals surface area contributed by atoms with Crippen molar-refractivity contribution in [2.24, 2.45) is 0 Å². The summed E-state index contributed by atoms with van der Waals surface area (Å²) in [5.41, 5.74) is 5.42. The number of carbonyl (C=O) groups is 1. The molecular weight excluding hydrogens is 260 g/mol. The smallest absolute Gasteiger partial charge is 0.237 e. The Morgan fingerprint density at radius 2 is 2.18 bits per heavy atom. The molecule has 2 heterocycles. The summed E-state index contributed by atoms with van der Waals surface area (Å²) in [6.45, 7) is 0. The van der Waals surface area contributed by atoms with Crippen molar-refractivity contribution in [3.05, 3.63) is 18.5 Å². The van der Waals surface area contributed by atoms with Gasteiger partial charge in [-0.2, -0.15) is 0 Å². The Labute approximate surface area is 105 Å². The van der Waals surface area contributed by atoms with E-state index in [0.717, 1.165) is 0 Å². The summed E-state index contributed by atoms with van der Waals surface area (Å²) in [7, 11) is 0. The van der Waals surface area contributed by atoms with Gasteiger partial charge < -0.3 is 5.73 Å². The van der Waals surface area contributed by atoms with E-state index >= 15 is 0 Å². The minimum atomic E-state index is -0.199. The Morgan fingerprint density at radius 3 is 2.82 bits per heavy atom. The highest BCUT2D eigenvalue weighted by Crippen LogP contribution is 2.23. The van der Waals surface area contributed by atoms with Gasteiger partial charge in [-0.15, -0.1) is 10.2 Å². The topological polar surface area (TPSA) is 107 Å². The standard InChI is InChI=1S/C8H8N6OS2/c9-6-13-14-8(17-6)16-4-5(15)12-7-10-2-1-3-11-7/h1-3H,4H2,(H2,9,13)(H,10,11,12,15). The molecule has 2 rings (SSSR count). The first kappa shape index (κ1) is 11.7. The van der Waals surface area contributed by atoms with Crippen LogP contribution in [0.5, 0.6) is 0 Å². The average Bonchev–Trinajstić information content (AvgIpc) is 2.74. The van der Waals surface area contributed by atoms with Crippen molar-refractivity contribution in [1.29, 1.82) is 0 Å². The Kier molecular flexibility index (Phi) is 3.83. The highest BCUT2D eigenvalue weighted by molar-refractivity contribution is 8.01. The molecule has 88 valence electrons. The summed E-state index contributed by atoms with van der Waals surface area (Å²) in [4.78, 5) is 19.3. The lowest BCUT2D eigenvalue weighted by Gasteiger charge is -2.00. The number of rotatable bonds is 4. The lowest BCUT2D eigenvalue weighted by Crippen LogP contribution is -2.15. The van der Waals surface area contributed by atoms with E-state index < -0.39 is 0 Å². The lowest BCUT2D eigenvalue weighted by molar-refractivity contribution is -0.113. The van der Waals surface area contributed by atoms with Gasteiger partial charge in [-0.25, -0.2) is 9.97 Å². The molecule has 2 aromatic rings. The van der Waals surface area contributed by atoms with E-state index in [1.165, 1.54) is 23.1 Å². The van der Waals surface area contributed by atoms with Crippen molar-refractivity contribution >= 4 is 40.1 Å². The Balaban J connectivity index is 1.82. The second-order valence-corrected chi connectivity index (χ2v) is 5.05. The third-order valence-electron chi connectivity index (χ3n) is 1.57. The molecule has 0 aliphatic rings. The number of anilines is 2. The molecule has 2 aromatic heterocycles.